The Morgan fingerprint density at radius 3 is 2.22 bits per heavy atom. The highest BCUT2D eigenvalue weighted by molar-refractivity contribution is 6.42. The highest BCUT2D eigenvalue weighted by atomic mass is 35.5. The lowest BCUT2D eigenvalue weighted by Crippen LogP contribution is -2.41. The van der Waals surface area contributed by atoms with Crippen LogP contribution in [-0.2, 0) is 10.7 Å². The number of amides is 1. The highest BCUT2D eigenvalue weighted by Crippen LogP contribution is 2.34. The Kier molecular flexibility index (Phi) is 4.93. The molecule has 0 fully saturated rings. The Hall–Kier alpha value is -0.870. The Morgan fingerprint density at radius 1 is 1.22 bits per heavy atom. The molecule has 0 aliphatic heterocycles. The van der Waals surface area contributed by atoms with Gasteiger partial charge in [0, 0.05) is 18.7 Å². The first-order valence-electron chi connectivity index (χ1n) is 5.47. The summed E-state index contributed by atoms with van der Waals surface area (Å²) in [5.41, 5.74) is -0.450. The topological polar surface area (TPSA) is 20.3 Å². The molecule has 0 atom stereocenters. The summed E-state index contributed by atoms with van der Waals surface area (Å²) in [5.74, 6) is -4.83. The van der Waals surface area contributed by atoms with Crippen LogP contribution in [0.2, 0.25) is 10.0 Å². The summed E-state index contributed by atoms with van der Waals surface area (Å²) in [6.45, 7) is 3.75. The molecule has 2 nitrogen and oxygen atoms in total. The molecule has 0 bridgehead atoms. The third-order valence-electron chi connectivity index (χ3n) is 2.60. The summed E-state index contributed by atoms with van der Waals surface area (Å²) in [6.07, 6.45) is 0. The number of hydrogen-bond donors (Lipinski definition) is 0. The van der Waals surface area contributed by atoms with E-state index in [4.69, 9.17) is 23.2 Å². The second kappa shape index (κ2) is 5.85. The number of halogens is 4. The van der Waals surface area contributed by atoms with E-state index in [1.165, 1.54) is 6.07 Å². The summed E-state index contributed by atoms with van der Waals surface area (Å²) >= 11 is 11.3. The molecule has 100 valence electrons. The van der Waals surface area contributed by atoms with E-state index in [2.05, 4.69) is 0 Å². The second-order valence-corrected chi connectivity index (χ2v) is 4.50. The van der Waals surface area contributed by atoms with Gasteiger partial charge in [-0.1, -0.05) is 29.3 Å². The summed E-state index contributed by atoms with van der Waals surface area (Å²) in [7, 11) is 0. The average molecular weight is 296 g/mol. The van der Waals surface area contributed by atoms with Crippen LogP contribution in [0.5, 0.6) is 0 Å². The number of alkyl halides is 2. The number of likely N-dealkylation sites (N-methyl/N-ethyl adjacent to an activating group) is 1. The standard InChI is InChI=1S/C12H13Cl2F2NO/c1-3-17(4-2)11(18)12(15,16)8-5-6-9(13)10(14)7-8/h5-7H,3-4H2,1-2H3. The molecule has 1 aromatic rings. The fourth-order valence-corrected chi connectivity index (χ4v) is 1.82. The molecule has 1 aromatic carbocycles. The number of carbonyl (C=O) groups excluding carboxylic acids is 1. The lowest BCUT2D eigenvalue weighted by Gasteiger charge is -2.25. The third kappa shape index (κ3) is 2.93. The van der Waals surface area contributed by atoms with Crippen molar-refractivity contribution in [2.45, 2.75) is 19.8 Å². The second-order valence-electron chi connectivity index (χ2n) is 3.68. The predicted molar refractivity (Wildman–Crippen MR) is 68.3 cm³/mol. The monoisotopic (exact) mass is 295 g/mol. The molecule has 0 radical (unpaired) electrons. The van der Waals surface area contributed by atoms with Crippen molar-refractivity contribution < 1.29 is 13.6 Å². The van der Waals surface area contributed by atoms with Crippen molar-refractivity contribution in [2.75, 3.05) is 13.1 Å². The van der Waals surface area contributed by atoms with Gasteiger partial charge in [-0.2, -0.15) is 8.78 Å². The van der Waals surface area contributed by atoms with Crippen LogP contribution in [0, 0.1) is 0 Å². The van der Waals surface area contributed by atoms with Crippen molar-refractivity contribution in [1.29, 1.82) is 0 Å². The predicted octanol–water partition coefficient (Wildman–Crippen LogP) is 3.95. The molecule has 0 saturated heterocycles. The van der Waals surface area contributed by atoms with Crippen LogP contribution in [0.3, 0.4) is 0 Å². The van der Waals surface area contributed by atoms with E-state index in [-0.39, 0.29) is 23.1 Å². The number of hydrogen-bond acceptors (Lipinski definition) is 1. The Labute approximate surface area is 114 Å². The van der Waals surface area contributed by atoms with Gasteiger partial charge in [0.05, 0.1) is 10.0 Å². The first-order valence-corrected chi connectivity index (χ1v) is 6.22. The molecule has 18 heavy (non-hydrogen) atoms. The largest absolute Gasteiger partial charge is 0.350 e. The number of rotatable bonds is 4. The maximum atomic E-state index is 14.0. The number of carbonyl (C=O) groups is 1. The fourth-order valence-electron chi connectivity index (χ4n) is 1.52. The smallest absolute Gasteiger partial charge is 0.338 e. The van der Waals surface area contributed by atoms with E-state index in [0.717, 1.165) is 17.0 Å². The molecule has 1 amide bonds. The summed E-state index contributed by atoms with van der Waals surface area (Å²) in [4.78, 5) is 12.8. The zero-order chi connectivity index (χ0) is 13.9. The van der Waals surface area contributed by atoms with Crippen LogP contribution < -0.4 is 0 Å². The number of nitrogens with zero attached hydrogens (tertiary/aromatic N) is 1. The van der Waals surface area contributed by atoms with Crippen molar-refractivity contribution in [1.82, 2.24) is 4.90 Å². The van der Waals surface area contributed by atoms with Crippen molar-refractivity contribution in [2.24, 2.45) is 0 Å². The van der Waals surface area contributed by atoms with Crippen molar-refractivity contribution in [3.63, 3.8) is 0 Å². The molecule has 0 aliphatic rings. The summed E-state index contributed by atoms with van der Waals surface area (Å²) in [5, 5.41) is 0.174. The maximum absolute atomic E-state index is 14.0. The minimum atomic E-state index is -3.60. The summed E-state index contributed by atoms with van der Waals surface area (Å²) in [6, 6.07) is 3.38. The molecule has 0 aliphatic carbocycles. The molecule has 0 spiro atoms. The Balaban J connectivity index is 3.11. The zero-order valence-corrected chi connectivity index (χ0v) is 11.5. The van der Waals surface area contributed by atoms with Crippen LogP contribution in [0.15, 0.2) is 18.2 Å². The van der Waals surface area contributed by atoms with Gasteiger partial charge in [0.25, 0.3) is 5.91 Å². The van der Waals surface area contributed by atoms with Gasteiger partial charge in [-0.15, -0.1) is 0 Å². The Morgan fingerprint density at radius 2 is 1.78 bits per heavy atom. The lowest BCUT2D eigenvalue weighted by atomic mass is 10.1. The maximum Gasteiger partial charge on any atom is 0.350 e. The Bertz CT molecular complexity index is 448. The highest BCUT2D eigenvalue weighted by Gasteiger charge is 2.43. The van der Waals surface area contributed by atoms with Crippen molar-refractivity contribution in [3.8, 4) is 0 Å². The minimum absolute atomic E-state index is 0.00110. The van der Waals surface area contributed by atoms with Gasteiger partial charge in [-0.05, 0) is 26.0 Å². The molecule has 1 rings (SSSR count). The molecule has 0 aromatic heterocycles. The van der Waals surface area contributed by atoms with E-state index < -0.39 is 17.4 Å². The molecular weight excluding hydrogens is 283 g/mol. The van der Waals surface area contributed by atoms with Gasteiger partial charge in [0.1, 0.15) is 0 Å². The molecule has 6 heteroatoms. The van der Waals surface area contributed by atoms with E-state index in [9.17, 15) is 13.6 Å². The minimum Gasteiger partial charge on any atom is -0.338 e. The van der Waals surface area contributed by atoms with Crippen LogP contribution in [0.25, 0.3) is 0 Å². The van der Waals surface area contributed by atoms with Gasteiger partial charge in [0.2, 0.25) is 0 Å². The van der Waals surface area contributed by atoms with Gasteiger partial charge in [-0.25, -0.2) is 0 Å². The van der Waals surface area contributed by atoms with Crippen LogP contribution in [-0.4, -0.2) is 23.9 Å². The first kappa shape index (κ1) is 15.2. The van der Waals surface area contributed by atoms with Gasteiger partial charge >= 0.3 is 5.92 Å². The number of benzene rings is 1. The van der Waals surface area contributed by atoms with Crippen molar-refractivity contribution in [3.05, 3.63) is 33.8 Å². The van der Waals surface area contributed by atoms with E-state index in [0.29, 0.717) is 0 Å². The van der Waals surface area contributed by atoms with Crippen LogP contribution in [0.4, 0.5) is 8.78 Å². The molecule has 0 saturated carbocycles. The normalized spacial score (nSPS) is 11.4. The quantitative estimate of drug-likeness (QED) is 0.823. The molecule has 0 N–H and O–H groups in total. The van der Waals surface area contributed by atoms with Crippen LogP contribution in [0.1, 0.15) is 19.4 Å². The summed E-state index contributed by atoms with van der Waals surface area (Å²) < 4.78 is 28.0. The molecule has 0 heterocycles. The van der Waals surface area contributed by atoms with Gasteiger partial charge in [-0.3, -0.25) is 4.79 Å². The lowest BCUT2D eigenvalue weighted by molar-refractivity contribution is -0.158. The van der Waals surface area contributed by atoms with Crippen LogP contribution >= 0.6 is 23.2 Å². The average Bonchev–Trinajstić information content (AvgIpc) is 2.33. The fraction of sp³-hybridized carbons (Fsp3) is 0.417. The zero-order valence-electron chi connectivity index (χ0n) is 10.0. The van der Waals surface area contributed by atoms with E-state index >= 15 is 0 Å². The third-order valence-corrected chi connectivity index (χ3v) is 3.34. The van der Waals surface area contributed by atoms with E-state index in [1.54, 1.807) is 13.8 Å². The van der Waals surface area contributed by atoms with Gasteiger partial charge in [0.15, 0.2) is 0 Å². The first-order chi connectivity index (χ1) is 8.34. The van der Waals surface area contributed by atoms with Crippen molar-refractivity contribution >= 4 is 29.1 Å². The van der Waals surface area contributed by atoms with E-state index in [1.807, 2.05) is 0 Å². The van der Waals surface area contributed by atoms with Gasteiger partial charge < -0.3 is 4.90 Å². The SMILES string of the molecule is CCN(CC)C(=O)C(F)(F)c1ccc(Cl)c(Cl)c1. The molecular formula is C12H13Cl2F2NO. The molecule has 0 unspecified atom stereocenters.